The summed E-state index contributed by atoms with van der Waals surface area (Å²) in [5.41, 5.74) is 0.290. The van der Waals surface area contributed by atoms with Gasteiger partial charge in [-0.2, -0.15) is 0 Å². The van der Waals surface area contributed by atoms with Crippen molar-refractivity contribution >= 4 is 5.97 Å². The van der Waals surface area contributed by atoms with E-state index in [2.05, 4.69) is 13.5 Å². The lowest BCUT2D eigenvalue weighted by Gasteiger charge is -2.26. The third kappa shape index (κ3) is 3.56. The van der Waals surface area contributed by atoms with E-state index >= 15 is 0 Å². The fourth-order valence-electron chi connectivity index (χ4n) is 0.407. The van der Waals surface area contributed by atoms with E-state index in [1.165, 1.54) is 0 Å². The van der Waals surface area contributed by atoms with Crippen LogP contribution in [0.2, 0.25) is 0 Å². The quantitative estimate of drug-likeness (QED) is 0.468. The number of hydrogen-bond acceptors (Lipinski definition) is 2. The SMILES string of the molecule is [CH2]C(OC(=O)C(=C)C)C(C)(C)C. The second kappa shape index (κ2) is 3.74. The largest absolute Gasteiger partial charge is 0.458 e. The Morgan fingerprint density at radius 2 is 1.83 bits per heavy atom. The van der Waals surface area contributed by atoms with Gasteiger partial charge in [-0.15, -0.1) is 0 Å². The third-order valence-electron chi connectivity index (χ3n) is 1.56. The van der Waals surface area contributed by atoms with Crippen LogP contribution < -0.4 is 0 Å². The number of esters is 1. The van der Waals surface area contributed by atoms with Gasteiger partial charge in [0.05, 0.1) is 0 Å². The van der Waals surface area contributed by atoms with Crippen LogP contribution in [0.4, 0.5) is 0 Å². The highest BCUT2D eigenvalue weighted by atomic mass is 16.5. The average molecular weight is 169 g/mol. The molecule has 0 aliphatic rings. The van der Waals surface area contributed by atoms with Crippen molar-refractivity contribution in [2.75, 3.05) is 0 Å². The van der Waals surface area contributed by atoms with E-state index in [4.69, 9.17) is 4.74 Å². The van der Waals surface area contributed by atoms with Crippen LogP contribution in [0.1, 0.15) is 27.7 Å². The van der Waals surface area contributed by atoms with Crippen LogP contribution in [-0.2, 0) is 9.53 Å². The highest BCUT2D eigenvalue weighted by Gasteiger charge is 2.23. The molecule has 0 rings (SSSR count). The van der Waals surface area contributed by atoms with Crippen LogP contribution in [0, 0.1) is 12.3 Å². The minimum absolute atomic E-state index is 0.120. The maximum absolute atomic E-state index is 11.0. The molecule has 0 spiro atoms. The summed E-state index contributed by atoms with van der Waals surface area (Å²) in [5.74, 6) is -0.370. The van der Waals surface area contributed by atoms with Crippen molar-refractivity contribution < 1.29 is 9.53 Å². The zero-order chi connectivity index (χ0) is 9.94. The molecule has 0 amide bonds. The highest BCUT2D eigenvalue weighted by Crippen LogP contribution is 2.21. The first kappa shape index (κ1) is 11.2. The van der Waals surface area contributed by atoms with Crippen LogP contribution >= 0.6 is 0 Å². The summed E-state index contributed by atoms with van der Waals surface area (Å²) in [7, 11) is 0. The number of hydrogen-bond donors (Lipinski definition) is 0. The number of ether oxygens (including phenoxy) is 1. The molecule has 0 fully saturated rings. The summed E-state index contributed by atoms with van der Waals surface area (Å²) in [6.07, 6.45) is -0.332. The molecule has 0 bridgehead atoms. The van der Waals surface area contributed by atoms with Crippen molar-refractivity contribution in [1.82, 2.24) is 0 Å². The molecule has 2 heteroatoms. The van der Waals surface area contributed by atoms with Crippen molar-refractivity contribution in [3.63, 3.8) is 0 Å². The van der Waals surface area contributed by atoms with Crippen molar-refractivity contribution in [2.45, 2.75) is 33.8 Å². The molecule has 0 N–H and O–H groups in total. The molecular weight excluding hydrogens is 152 g/mol. The molecule has 2 nitrogen and oxygen atoms in total. The molecule has 1 atom stereocenters. The number of carbonyl (C=O) groups is 1. The maximum Gasteiger partial charge on any atom is 0.333 e. The molecule has 0 aromatic heterocycles. The molecule has 0 saturated heterocycles. The molecule has 1 unspecified atom stereocenters. The van der Waals surface area contributed by atoms with Gasteiger partial charge in [0.25, 0.3) is 0 Å². The zero-order valence-electron chi connectivity index (χ0n) is 8.31. The van der Waals surface area contributed by atoms with E-state index < -0.39 is 0 Å². The first-order valence-electron chi connectivity index (χ1n) is 3.94. The standard InChI is InChI=1S/C10H17O2/c1-7(2)9(11)12-8(3)10(4,5)6/h8H,1,3H2,2,4-6H3. The predicted octanol–water partition coefficient (Wildman–Crippen LogP) is 2.35. The Morgan fingerprint density at radius 1 is 1.42 bits per heavy atom. The topological polar surface area (TPSA) is 26.3 Å². The van der Waals surface area contributed by atoms with E-state index in [9.17, 15) is 4.79 Å². The first-order chi connectivity index (χ1) is 5.25. The van der Waals surface area contributed by atoms with Crippen LogP contribution in [0.3, 0.4) is 0 Å². The van der Waals surface area contributed by atoms with Gasteiger partial charge < -0.3 is 4.74 Å². The fourth-order valence-corrected chi connectivity index (χ4v) is 0.407. The molecular formula is C10H17O2. The van der Waals surface area contributed by atoms with Crippen molar-refractivity contribution in [2.24, 2.45) is 5.41 Å². The van der Waals surface area contributed by atoms with Gasteiger partial charge in [-0.1, -0.05) is 27.4 Å². The Morgan fingerprint density at radius 3 is 2.08 bits per heavy atom. The molecule has 69 valence electrons. The second-order valence-electron chi connectivity index (χ2n) is 4.04. The van der Waals surface area contributed by atoms with Gasteiger partial charge in [-0.3, -0.25) is 0 Å². The Kier molecular flexibility index (Phi) is 3.50. The maximum atomic E-state index is 11.0. The summed E-state index contributed by atoms with van der Waals surface area (Å²) >= 11 is 0. The lowest BCUT2D eigenvalue weighted by atomic mass is 9.90. The van der Waals surface area contributed by atoms with Gasteiger partial charge >= 0.3 is 5.97 Å². The summed E-state index contributed by atoms with van der Waals surface area (Å²) < 4.78 is 5.03. The number of carbonyl (C=O) groups excluding carboxylic acids is 1. The van der Waals surface area contributed by atoms with Crippen molar-refractivity contribution in [1.29, 1.82) is 0 Å². The van der Waals surface area contributed by atoms with E-state index in [0.29, 0.717) is 5.57 Å². The molecule has 0 aromatic carbocycles. The minimum Gasteiger partial charge on any atom is -0.458 e. The fraction of sp³-hybridized carbons (Fsp3) is 0.600. The monoisotopic (exact) mass is 169 g/mol. The van der Waals surface area contributed by atoms with Gasteiger partial charge in [0, 0.05) is 5.57 Å². The normalized spacial score (nSPS) is 13.8. The lowest BCUT2D eigenvalue weighted by molar-refractivity contribution is -0.146. The van der Waals surface area contributed by atoms with E-state index in [0.717, 1.165) is 0 Å². The van der Waals surface area contributed by atoms with Crippen molar-refractivity contribution in [3.05, 3.63) is 19.1 Å². The number of rotatable bonds is 2. The Balaban J connectivity index is 4.11. The van der Waals surface area contributed by atoms with Gasteiger partial charge in [0.2, 0.25) is 0 Å². The molecule has 0 aliphatic heterocycles. The molecule has 0 aromatic rings. The van der Waals surface area contributed by atoms with Crippen LogP contribution in [0.15, 0.2) is 12.2 Å². The summed E-state index contributed by atoms with van der Waals surface area (Å²) in [6.45, 7) is 14.8. The van der Waals surface area contributed by atoms with E-state index in [1.807, 2.05) is 20.8 Å². The average Bonchev–Trinajstić information content (AvgIpc) is 1.85. The zero-order valence-corrected chi connectivity index (χ0v) is 8.31. The van der Waals surface area contributed by atoms with Crippen LogP contribution in [-0.4, -0.2) is 12.1 Å². The van der Waals surface area contributed by atoms with E-state index in [1.54, 1.807) is 6.92 Å². The lowest BCUT2D eigenvalue weighted by Crippen LogP contribution is -2.29. The smallest absolute Gasteiger partial charge is 0.333 e. The highest BCUT2D eigenvalue weighted by molar-refractivity contribution is 5.87. The molecule has 1 radical (unpaired) electrons. The first-order valence-corrected chi connectivity index (χ1v) is 3.94. The second-order valence-corrected chi connectivity index (χ2v) is 4.04. The third-order valence-corrected chi connectivity index (χ3v) is 1.56. The Labute approximate surface area is 74.6 Å². The van der Waals surface area contributed by atoms with Gasteiger partial charge in [0.15, 0.2) is 0 Å². The van der Waals surface area contributed by atoms with Crippen LogP contribution in [0.5, 0.6) is 0 Å². The van der Waals surface area contributed by atoms with Crippen LogP contribution in [0.25, 0.3) is 0 Å². The molecule has 0 saturated carbocycles. The predicted molar refractivity (Wildman–Crippen MR) is 49.5 cm³/mol. The molecule has 0 aliphatic carbocycles. The van der Waals surface area contributed by atoms with Gasteiger partial charge in [-0.25, -0.2) is 4.79 Å². The van der Waals surface area contributed by atoms with Gasteiger partial charge in [0.1, 0.15) is 6.10 Å². The molecule has 0 heterocycles. The summed E-state index contributed by atoms with van der Waals surface area (Å²) in [4.78, 5) is 11.0. The minimum atomic E-state index is -0.370. The van der Waals surface area contributed by atoms with Gasteiger partial charge in [-0.05, 0) is 19.3 Å². The summed E-state index contributed by atoms with van der Waals surface area (Å²) in [6, 6.07) is 0. The summed E-state index contributed by atoms with van der Waals surface area (Å²) in [5, 5.41) is 0. The van der Waals surface area contributed by atoms with E-state index in [-0.39, 0.29) is 17.5 Å². The Bertz CT molecular complexity index is 187. The molecule has 12 heavy (non-hydrogen) atoms. The van der Waals surface area contributed by atoms with Crippen molar-refractivity contribution in [3.8, 4) is 0 Å². The Hall–Kier alpha value is -0.790.